The lowest BCUT2D eigenvalue weighted by molar-refractivity contribution is -0.143. The highest BCUT2D eigenvalue weighted by molar-refractivity contribution is 5.89. The molecule has 1 aliphatic carbocycles. The molecular weight excluding hydrogens is 260 g/mol. The molecule has 0 aromatic rings. The van der Waals surface area contributed by atoms with Crippen molar-refractivity contribution in [3.63, 3.8) is 0 Å². The molecule has 0 aromatic heterocycles. The average Bonchev–Trinajstić information content (AvgIpc) is 2.76. The van der Waals surface area contributed by atoms with Crippen LogP contribution in [0.3, 0.4) is 0 Å². The zero-order valence-electron chi connectivity index (χ0n) is 9.85. The Kier molecular flexibility index (Phi) is 6.87. The third-order valence-corrected chi connectivity index (χ3v) is 2.50. The topological polar surface area (TPSA) is 149 Å². The van der Waals surface area contributed by atoms with Crippen molar-refractivity contribution < 1.29 is 39.6 Å². The highest BCUT2D eigenvalue weighted by Crippen LogP contribution is 2.30. The molecule has 0 saturated heterocycles. The van der Waals surface area contributed by atoms with Crippen LogP contribution in [0.15, 0.2) is 12.2 Å². The molecule has 2 atom stereocenters. The lowest BCUT2D eigenvalue weighted by Crippen LogP contribution is -2.13. The van der Waals surface area contributed by atoms with Crippen LogP contribution in [0.4, 0.5) is 0 Å². The number of aliphatic carboxylic acids is 4. The van der Waals surface area contributed by atoms with Crippen LogP contribution in [0, 0.1) is 11.8 Å². The van der Waals surface area contributed by atoms with E-state index in [0.717, 1.165) is 0 Å². The number of hydrogen-bond donors (Lipinski definition) is 4. The van der Waals surface area contributed by atoms with Crippen LogP contribution in [0.25, 0.3) is 0 Å². The summed E-state index contributed by atoms with van der Waals surface area (Å²) in [6, 6.07) is 0. The molecule has 19 heavy (non-hydrogen) atoms. The fourth-order valence-corrected chi connectivity index (χ4v) is 1.57. The highest BCUT2D eigenvalue weighted by Gasteiger charge is 2.33. The SMILES string of the molecule is O=C(O)/C=C/C(=O)O.O=C(O)C1CCC(C(=O)O)C1. The maximum atomic E-state index is 10.4. The van der Waals surface area contributed by atoms with Gasteiger partial charge in [0.25, 0.3) is 0 Å². The first-order valence-electron chi connectivity index (χ1n) is 5.33. The quantitative estimate of drug-likeness (QED) is 0.534. The predicted octanol–water partition coefficient (Wildman–Crippen LogP) is 0.284. The fourth-order valence-electron chi connectivity index (χ4n) is 1.57. The van der Waals surface area contributed by atoms with Crippen LogP contribution in [0.2, 0.25) is 0 Å². The molecule has 0 radical (unpaired) electrons. The van der Waals surface area contributed by atoms with E-state index in [1.165, 1.54) is 0 Å². The van der Waals surface area contributed by atoms with E-state index in [9.17, 15) is 19.2 Å². The van der Waals surface area contributed by atoms with Gasteiger partial charge in [-0.15, -0.1) is 0 Å². The molecule has 0 heterocycles. The second-order valence-corrected chi connectivity index (χ2v) is 3.89. The van der Waals surface area contributed by atoms with Crippen LogP contribution in [0.5, 0.6) is 0 Å². The summed E-state index contributed by atoms with van der Waals surface area (Å²) in [5, 5.41) is 32.7. The van der Waals surface area contributed by atoms with Gasteiger partial charge in [0, 0.05) is 12.2 Å². The van der Waals surface area contributed by atoms with Crippen molar-refractivity contribution in [3.05, 3.63) is 12.2 Å². The predicted molar refractivity (Wildman–Crippen MR) is 60.5 cm³/mol. The molecule has 106 valence electrons. The normalized spacial score (nSPS) is 21.5. The van der Waals surface area contributed by atoms with Crippen LogP contribution >= 0.6 is 0 Å². The Morgan fingerprint density at radius 2 is 1.05 bits per heavy atom. The molecule has 0 bridgehead atoms. The van der Waals surface area contributed by atoms with Crippen molar-refractivity contribution in [1.82, 2.24) is 0 Å². The molecule has 1 rings (SSSR count). The molecule has 8 heteroatoms. The summed E-state index contributed by atoms with van der Waals surface area (Å²) in [6.45, 7) is 0. The molecule has 0 spiro atoms. The minimum absolute atomic E-state index is 0.296. The van der Waals surface area contributed by atoms with E-state index in [1.807, 2.05) is 0 Å². The van der Waals surface area contributed by atoms with Gasteiger partial charge in [0.1, 0.15) is 0 Å². The van der Waals surface area contributed by atoms with E-state index in [2.05, 4.69) is 0 Å². The summed E-state index contributed by atoms with van der Waals surface area (Å²) >= 11 is 0. The lowest BCUT2D eigenvalue weighted by atomic mass is 10.1. The first kappa shape index (κ1) is 16.6. The Hall–Kier alpha value is -2.38. The van der Waals surface area contributed by atoms with Crippen molar-refractivity contribution in [3.8, 4) is 0 Å². The maximum absolute atomic E-state index is 10.4. The maximum Gasteiger partial charge on any atom is 0.328 e. The smallest absolute Gasteiger partial charge is 0.328 e. The molecular formula is C11H14O8. The van der Waals surface area contributed by atoms with Crippen molar-refractivity contribution in [2.24, 2.45) is 11.8 Å². The molecule has 1 aliphatic rings. The fraction of sp³-hybridized carbons (Fsp3) is 0.455. The first-order chi connectivity index (χ1) is 8.73. The Morgan fingerprint density at radius 1 is 0.737 bits per heavy atom. The van der Waals surface area contributed by atoms with Gasteiger partial charge in [0.05, 0.1) is 11.8 Å². The average molecular weight is 274 g/mol. The zero-order valence-corrected chi connectivity index (χ0v) is 9.85. The second-order valence-electron chi connectivity index (χ2n) is 3.89. The lowest BCUT2D eigenvalue weighted by Gasteiger charge is -2.01. The Bertz CT molecular complexity index is 361. The molecule has 8 nitrogen and oxygen atoms in total. The molecule has 2 unspecified atom stereocenters. The molecule has 0 amide bonds. The standard InChI is InChI=1S/C7H10O4.C4H4O4/c8-6(9)4-1-2-5(3-4)7(10)11;5-3(6)1-2-4(7)8/h4-5H,1-3H2,(H,8,9)(H,10,11);1-2H,(H,5,6)(H,7,8)/b;2-1+. The van der Waals surface area contributed by atoms with Gasteiger partial charge in [-0.1, -0.05) is 0 Å². The second kappa shape index (κ2) is 7.85. The summed E-state index contributed by atoms with van der Waals surface area (Å²) in [7, 11) is 0. The van der Waals surface area contributed by atoms with Crippen LogP contribution in [-0.2, 0) is 19.2 Å². The van der Waals surface area contributed by atoms with E-state index >= 15 is 0 Å². The van der Waals surface area contributed by atoms with Crippen molar-refractivity contribution >= 4 is 23.9 Å². The Balaban J connectivity index is 0.000000362. The number of carbonyl (C=O) groups is 4. The van der Waals surface area contributed by atoms with E-state index in [0.29, 0.717) is 31.4 Å². The molecule has 4 N–H and O–H groups in total. The summed E-state index contributed by atoms with van der Waals surface area (Å²) < 4.78 is 0. The molecule has 1 saturated carbocycles. The van der Waals surface area contributed by atoms with Gasteiger partial charge >= 0.3 is 23.9 Å². The Labute approximate surface area is 108 Å². The van der Waals surface area contributed by atoms with Gasteiger partial charge in [0.2, 0.25) is 0 Å². The van der Waals surface area contributed by atoms with Crippen LogP contribution in [0.1, 0.15) is 19.3 Å². The molecule has 1 fully saturated rings. The number of hydrogen-bond acceptors (Lipinski definition) is 4. The number of carboxylic acid groups (broad SMARTS) is 4. The summed E-state index contributed by atoms with van der Waals surface area (Å²) in [6.07, 6.45) is 2.42. The third-order valence-electron chi connectivity index (χ3n) is 2.50. The van der Waals surface area contributed by atoms with Crippen LogP contribution in [-0.4, -0.2) is 44.3 Å². The minimum atomic E-state index is -1.26. The zero-order chi connectivity index (χ0) is 15.0. The van der Waals surface area contributed by atoms with Gasteiger partial charge in [0.15, 0.2) is 0 Å². The van der Waals surface area contributed by atoms with Crippen molar-refractivity contribution in [1.29, 1.82) is 0 Å². The highest BCUT2D eigenvalue weighted by atomic mass is 16.4. The van der Waals surface area contributed by atoms with E-state index < -0.39 is 35.7 Å². The van der Waals surface area contributed by atoms with E-state index in [4.69, 9.17) is 20.4 Å². The monoisotopic (exact) mass is 274 g/mol. The first-order valence-corrected chi connectivity index (χ1v) is 5.33. The van der Waals surface area contributed by atoms with Crippen molar-refractivity contribution in [2.45, 2.75) is 19.3 Å². The van der Waals surface area contributed by atoms with Gasteiger partial charge in [-0.05, 0) is 19.3 Å². The molecule has 0 aliphatic heterocycles. The van der Waals surface area contributed by atoms with E-state index in [-0.39, 0.29) is 0 Å². The summed E-state index contributed by atoms with van der Waals surface area (Å²) in [5.41, 5.74) is 0. The van der Waals surface area contributed by atoms with Crippen LogP contribution < -0.4 is 0 Å². The largest absolute Gasteiger partial charge is 0.481 e. The van der Waals surface area contributed by atoms with Gasteiger partial charge in [-0.2, -0.15) is 0 Å². The van der Waals surface area contributed by atoms with Gasteiger partial charge in [-0.25, -0.2) is 9.59 Å². The summed E-state index contributed by atoms with van der Waals surface area (Å²) in [5.74, 6) is -5.12. The number of carboxylic acids is 4. The number of rotatable bonds is 4. The van der Waals surface area contributed by atoms with Gasteiger partial charge < -0.3 is 20.4 Å². The molecule has 0 aromatic carbocycles. The minimum Gasteiger partial charge on any atom is -0.481 e. The van der Waals surface area contributed by atoms with Crippen molar-refractivity contribution in [2.75, 3.05) is 0 Å². The Morgan fingerprint density at radius 3 is 1.21 bits per heavy atom. The van der Waals surface area contributed by atoms with E-state index in [1.54, 1.807) is 0 Å². The summed E-state index contributed by atoms with van der Waals surface area (Å²) in [4.78, 5) is 39.9. The third kappa shape index (κ3) is 7.53. The van der Waals surface area contributed by atoms with Gasteiger partial charge in [-0.3, -0.25) is 9.59 Å².